The lowest BCUT2D eigenvalue weighted by atomic mass is 10.0. The molecule has 0 spiro atoms. The van der Waals surface area contributed by atoms with Gasteiger partial charge in [-0.25, -0.2) is 0 Å². The summed E-state index contributed by atoms with van der Waals surface area (Å²) in [5.74, 6) is 2.07. The Labute approximate surface area is 124 Å². The summed E-state index contributed by atoms with van der Waals surface area (Å²) in [6.07, 6.45) is 3.63. The highest BCUT2D eigenvalue weighted by atomic mass is 16.5. The van der Waals surface area contributed by atoms with Gasteiger partial charge in [0.05, 0.1) is 26.9 Å². The maximum atomic E-state index is 5.48. The van der Waals surface area contributed by atoms with E-state index in [-0.39, 0.29) is 0 Å². The fraction of sp³-hybridized carbons (Fsp3) is 0.312. The Bertz CT molecular complexity index is 589. The summed E-state index contributed by atoms with van der Waals surface area (Å²) in [7, 11) is 6.77. The molecule has 2 aromatic rings. The minimum absolute atomic E-state index is 0.687. The molecule has 2 rings (SSSR count). The molecule has 0 fully saturated rings. The van der Waals surface area contributed by atoms with Crippen LogP contribution in [0.25, 0.3) is 11.1 Å². The molecule has 0 amide bonds. The van der Waals surface area contributed by atoms with Gasteiger partial charge in [-0.3, -0.25) is 4.98 Å². The van der Waals surface area contributed by atoms with Gasteiger partial charge < -0.3 is 19.5 Å². The van der Waals surface area contributed by atoms with Gasteiger partial charge >= 0.3 is 0 Å². The lowest BCUT2D eigenvalue weighted by molar-refractivity contribution is 0.377. The van der Waals surface area contributed by atoms with E-state index in [4.69, 9.17) is 14.2 Å². The van der Waals surface area contributed by atoms with Crippen LogP contribution in [0.1, 0.15) is 5.56 Å². The summed E-state index contributed by atoms with van der Waals surface area (Å²) in [5, 5.41) is 3.12. The molecule has 0 bridgehead atoms. The Morgan fingerprint density at radius 2 is 1.62 bits per heavy atom. The predicted octanol–water partition coefficient (Wildman–Crippen LogP) is 2.49. The Kier molecular flexibility index (Phi) is 5.00. The zero-order chi connectivity index (χ0) is 15.2. The van der Waals surface area contributed by atoms with Gasteiger partial charge in [-0.05, 0) is 18.7 Å². The number of ether oxygens (including phenoxy) is 3. The van der Waals surface area contributed by atoms with Gasteiger partial charge in [-0.1, -0.05) is 0 Å². The molecule has 0 aliphatic heterocycles. The quantitative estimate of drug-likeness (QED) is 0.885. The van der Waals surface area contributed by atoms with Crippen molar-refractivity contribution >= 4 is 0 Å². The highest BCUT2D eigenvalue weighted by molar-refractivity contribution is 5.78. The lowest BCUT2D eigenvalue weighted by Gasteiger charge is -2.15. The first-order valence-electron chi connectivity index (χ1n) is 6.62. The summed E-state index contributed by atoms with van der Waals surface area (Å²) >= 11 is 0. The van der Waals surface area contributed by atoms with Crippen LogP contribution in [0.5, 0.6) is 17.2 Å². The molecule has 1 aromatic heterocycles. The molecule has 1 aromatic carbocycles. The number of benzene rings is 1. The van der Waals surface area contributed by atoms with E-state index in [1.165, 1.54) is 0 Å². The maximum absolute atomic E-state index is 5.48. The van der Waals surface area contributed by atoms with Gasteiger partial charge in [0.2, 0.25) is 0 Å². The second-order valence-electron chi connectivity index (χ2n) is 4.52. The Balaban J connectivity index is 2.58. The van der Waals surface area contributed by atoms with Crippen molar-refractivity contribution in [1.82, 2.24) is 10.3 Å². The molecule has 1 heterocycles. The monoisotopic (exact) mass is 288 g/mol. The van der Waals surface area contributed by atoms with E-state index < -0.39 is 0 Å². The molecule has 0 saturated carbocycles. The molecular formula is C16H20N2O3. The largest absolute Gasteiger partial charge is 0.496 e. The van der Waals surface area contributed by atoms with Crippen molar-refractivity contribution < 1.29 is 14.2 Å². The Hall–Kier alpha value is -2.27. The first-order valence-corrected chi connectivity index (χ1v) is 6.62. The number of methoxy groups -OCH3 is 3. The average Bonchev–Trinajstić information content (AvgIpc) is 2.54. The minimum atomic E-state index is 0.687. The Morgan fingerprint density at radius 1 is 0.952 bits per heavy atom. The summed E-state index contributed by atoms with van der Waals surface area (Å²) < 4.78 is 16.2. The zero-order valence-electron chi connectivity index (χ0n) is 12.8. The van der Waals surface area contributed by atoms with Gasteiger partial charge in [-0.2, -0.15) is 0 Å². The van der Waals surface area contributed by atoms with Crippen molar-refractivity contribution in [3.8, 4) is 28.4 Å². The first-order chi connectivity index (χ1) is 10.2. The van der Waals surface area contributed by atoms with Crippen LogP contribution in [0.15, 0.2) is 30.6 Å². The fourth-order valence-electron chi connectivity index (χ4n) is 2.22. The van der Waals surface area contributed by atoms with Gasteiger partial charge in [0.15, 0.2) is 0 Å². The van der Waals surface area contributed by atoms with E-state index in [0.29, 0.717) is 17.2 Å². The maximum Gasteiger partial charge on any atom is 0.134 e. The van der Waals surface area contributed by atoms with Crippen molar-refractivity contribution in [2.45, 2.75) is 6.54 Å². The van der Waals surface area contributed by atoms with Crippen molar-refractivity contribution in [3.05, 3.63) is 36.2 Å². The van der Waals surface area contributed by atoms with Crippen LogP contribution in [-0.4, -0.2) is 33.4 Å². The lowest BCUT2D eigenvalue weighted by Crippen LogP contribution is -2.05. The molecular weight excluding hydrogens is 268 g/mol. The van der Waals surface area contributed by atoms with Gasteiger partial charge in [0, 0.05) is 36.6 Å². The van der Waals surface area contributed by atoms with Crippen molar-refractivity contribution in [2.75, 3.05) is 28.4 Å². The van der Waals surface area contributed by atoms with Crippen LogP contribution >= 0.6 is 0 Å². The number of pyridine rings is 1. The van der Waals surface area contributed by atoms with Gasteiger partial charge in [-0.15, -0.1) is 0 Å². The molecule has 21 heavy (non-hydrogen) atoms. The molecule has 0 aliphatic rings. The smallest absolute Gasteiger partial charge is 0.134 e. The van der Waals surface area contributed by atoms with Gasteiger partial charge in [0.25, 0.3) is 0 Å². The third-order valence-corrected chi connectivity index (χ3v) is 3.18. The van der Waals surface area contributed by atoms with Crippen LogP contribution in [0, 0.1) is 0 Å². The van der Waals surface area contributed by atoms with Crippen molar-refractivity contribution in [3.63, 3.8) is 0 Å². The van der Waals surface area contributed by atoms with E-state index in [0.717, 1.165) is 23.2 Å². The summed E-state index contributed by atoms with van der Waals surface area (Å²) in [6.45, 7) is 0.752. The molecule has 0 aliphatic carbocycles. The topological polar surface area (TPSA) is 52.6 Å². The van der Waals surface area contributed by atoms with Crippen LogP contribution in [0.2, 0.25) is 0 Å². The fourth-order valence-corrected chi connectivity index (χ4v) is 2.22. The van der Waals surface area contributed by atoms with E-state index in [1.807, 2.05) is 25.4 Å². The highest BCUT2D eigenvalue weighted by Crippen LogP contribution is 2.41. The number of aromatic nitrogens is 1. The predicted molar refractivity (Wildman–Crippen MR) is 82.1 cm³/mol. The molecule has 0 atom stereocenters. The second-order valence-corrected chi connectivity index (χ2v) is 4.52. The summed E-state index contributed by atoms with van der Waals surface area (Å²) in [4.78, 5) is 4.29. The average molecular weight is 288 g/mol. The normalized spacial score (nSPS) is 10.3. The molecule has 5 heteroatoms. The minimum Gasteiger partial charge on any atom is -0.496 e. The van der Waals surface area contributed by atoms with Crippen LogP contribution in [0.4, 0.5) is 0 Å². The van der Waals surface area contributed by atoms with Crippen molar-refractivity contribution in [1.29, 1.82) is 0 Å². The Morgan fingerprint density at radius 3 is 2.14 bits per heavy atom. The van der Waals surface area contributed by atoms with Crippen LogP contribution in [0.3, 0.4) is 0 Å². The van der Waals surface area contributed by atoms with Crippen LogP contribution < -0.4 is 19.5 Å². The van der Waals surface area contributed by atoms with E-state index in [1.54, 1.807) is 27.5 Å². The highest BCUT2D eigenvalue weighted by Gasteiger charge is 2.15. The molecule has 5 nitrogen and oxygen atoms in total. The van der Waals surface area contributed by atoms with Gasteiger partial charge in [0.1, 0.15) is 17.2 Å². The molecule has 0 radical (unpaired) electrons. The van der Waals surface area contributed by atoms with Crippen LogP contribution in [-0.2, 0) is 6.54 Å². The van der Waals surface area contributed by atoms with E-state index in [9.17, 15) is 0 Å². The van der Waals surface area contributed by atoms with E-state index >= 15 is 0 Å². The zero-order valence-corrected chi connectivity index (χ0v) is 12.8. The standard InChI is InChI=1S/C16H20N2O3/c1-17-8-11-5-12(10-18-9-11)16-14(20-3)6-13(19-2)7-15(16)21-4/h5-7,9-10,17H,8H2,1-4H3. The molecule has 0 unspecified atom stereocenters. The summed E-state index contributed by atoms with van der Waals surface area (Å²) in [5.41, 5.74) is 2.90. The number of nitrogens with one attached hydrogen (secondary N) is 1. The second kappa shape index (κ2) is 6.95. The van der Waals surface area contributed by atoms with E-state index in [2.05, 4.69) is 16.4 Å². The summed E-state index contributed by atoms with van der Waals surface area (Å²) in [6, 6.07) is 5.74. The number of hydrogen-bond acceptors (Lipinski definition) is 5. The number of nitrogens with zero attached hydrogens (tertiary/aromatic N) is 1. The molecule has 112 valence electrons. The third kappa shape index (κ3) is 3.25. The van der Waals surface area contributed by atoms with Crippen molar-refractivity contribution in [2.24, 2.45) is 0 Å². The first kappa shape index (κ1) is 15.1. The number of rotatable bonds is 6. The number of hydrogen-bond donors (Lipinski definition) is 1. The third-order valence-electron chi connectivity index (χ3n) is 3.18. The molecule has 1 N–H and O–H groups in total. The SMILES string of the molecule is CNCc1cncc(-c2c(OC)cc(OC)cc2OC)c1. The molecule has 0 saturated heterocycles.